The number of ketones is 1. The number of hydrogen-bond donors (Lipinski definition) is 1. The Bertz CT molecular complexity index is 1390. The van der Waals surface area contributed by atoms with Gasteiger partial charge < -0.3 is 0 Å². The molecular weight excluding hydrogens is 536 g/mol. The lowest BCUT2D eigenvalue weighted by Crippen LogP contribution is -2.10. The number of carbonyl (C=O) groups is 1. The van der Waals surface area contributed by atoms with Gasteiger partial charge in [0.25, 0.3) is 0 Å². The van der Waals surface area contributed by atoms with Gasteiger partial charge in [0.15, 0.2) is 16.7 Å². The van der Waals surface area contributed by atoms with Gasteiger partial charge in [-0.25, -0.2) is 0 Å². The van der Waals surface area contributed by atoms with Crippen LogP contribution >= 0.6 is 58.2 Å². The number of rotatable bonds is 6. The summed E-state index contributed by atoms with van der Waals surface area (Å²) in [4.78, 5) is 12.4. The van der Waals surface area contributed by atoms with Gasteiger partial charge in [0, 0.05) is 28.2 Å². The summed E-state index contributed by atoms with van der Waals surface area (Å²) in [5.41, 5.74) is 4.75. The molecule has 1 N–H and O–H groups in total. The number of benzene rings is 3. The van der Waals surface area contributed by atoms with Crippen LogP contribution in [-0.2, 0) is 4.79 Å². The zero-order chi connectivity index (χ0) is 24.2. The fourth-order valence-electron chi connectivity index (χ4n) is 2.94. The molecule has 0 aliphatic heterocycles. The Morgan fingerprint density at radius 1 is 0.912 bits per heavy atom. The first kappa shape index (κ1) is 24.6. The summed E-state index contributed by atoms with van der Waals surface area (Å²) in [5, 5.41) is 15.3. The largest absolute Gasteiger partial charge is 0.292 e. The number of anilines is 1. The van der Waals surface area contributed by atoms with E-state index >= 15 is 0 Å². The first-order chi connectivity index (χ1) is 16.3. The van der Waals surface area contributed by atoms with Gasteiger partial charge in [-0.15, -0.1) is 10.2 Å². The van der Waals surface area contributed by atoms with E-state index in [1.165, 1.54) is 6.92 Å². The second kappa shape index (κ2) is 10.8. The molecule has 4 rings (SSSR count). The summed E-state index contributed by atoms with van der Waals surface area (Å²) in [6.45, 7) is 1.41. The third-order valence-corrected chi connectivity index (χ3v) is 6.63. The van der Waals surface area contributed by atoms with E-state index in [0.717, 1.165) is 17.4 Å². The smallest absolute Gasteiger partial charge is 0.202 e. The molecule has 6 nitrogen and oxygen atoms in total. The van der Waals surface area contributed by atoms with E-state index in [0.29, 0.717) is 42.3 Å². The molecule has 3 aromatic carbocycles. The van der Waals surface area contributed by atoms with E-state index in [-0.39, 0.29) is 10.8 Å². The number of thioether (sulfide) groups is 1. The fourth-order valence-corrected chi connectivity index (χ4v) is 4.66. The highest BCUT2D eigenvalue weighted by molar-refractivity contribution is 8.15. The monoisotopic (exact) mass is 549 g/mol. The second-order valence-electron chi connectivity index (χ2n) is 6.91. The van der Waals surface area contributed by atoms with Crippen molar-refractivity contribution in [2.75, 3.05) is 5.43 Å². The second-order valence-corrected chi connectivity index (χ2v) is 9.56. The number of nitrogens with one attached hydrogen (secondary N) is 1. The quantitative estimate of drug-likeness (QED) is 0.115. The molecule has 0 amide bonds. The van der Waals surface area contributed by atoms with Crippen LogP contribution in [0.2, 0.25) is 20.1 Å². The lowest BCUT2D eigenvalue weighted by Gasteiger charge is -2.12. The SMILES string of the molecule is CC(=O)/C(=N\Nc1ccc(Cl)cc1Cl)Sc1nnc(-c2ccc(Cl)cc2Cl)n1-c1ccccc1. The van der Waals surface area contributed by atoms with Crippen molar-refractivity contribution >= 4 is 74.7 Å². The number of halogens is 4. The van der Waals surface area contributed by atoms with E-state index < -0.39 is 0 Å². The molecule has 11 heteroatoms. The number of Topliss-reactive ketones (excluding diaryl/α,β-unsaturated/α-hetero) is 1. The Morgan fingerprint density at radius 3 is 2.24 bits per heavy atom. The van der Waals surface area contributed by atoms with Crippen molar-refractivity contribution in [3.05, 3.63) is 86.8 Å². The zero-order valence-electron chi connectivity index (χ0n) is 17.5. The first-order valence-corrected chi connectivity index (χ1v) is 12.1. The van der Waals surface area contributed by atoms with Crippen molar-refractivity contribution in [3.63, 3.8) is 0 Å². The number of carbonyl (C=O) groups excluding carboxylic acids is 1. The third-order valence-electron chi connectivity index (χ3n) is 4.52. The Labute approximate surface area is 219 Å². The van der Waals surface area contributed by atoms with Crippen LogP contribution in [0.5, 0.6) is 0 Å². The molecule has 0 spiro atoms. The summed E-state index contributed by atoms with van der Waals surface area (Å²) in [7, 11) is 0. The molecule has 4 aromatic rings. The Hall–Kier alpha value is -2.55. The van der Waals surface area contributed by atoms with Crippen LogP contribution in [0.25, 0.3) is 17.1 Å². The minimum absolute atomic E-state index is 0.157. The van der Waals surface area contributed by atoms with Crippen molar-refractivity contribution < 1.29 is 4.79 Å². The molecule has 0 atom stereocenters. The van der Waals surface area contributed by atoms with E-state index in [2.05, 4.69) is 20.7 Å². The molecule has 34 heavy (non-hydrogen) atoms. The van der Waals surface area contributed by atoms with Crippen molar-refractivity contribution in [2.45, 2.75) is 12.1 Å². The lowest BCUT2D eigenvalue weighted by molar-refractivity contribution is -0.110. The molecule has 0 unspecified atom stereocenters. The van der Waals surface area contributed by atoms with Crippen LogP contribution < -0.4 is 5.43 Å². The summed E-state index contributed by atoms with van der Waals surface area (Å²) in [6.07, 6.45) is 0. The lowest BCUT2D eigenvalue weighted by atomic mass is 10.2. The summed E-state index contributed by atoms with van der Waals surface area (Å²) in [6, 6.07) is 19.5. The van der Waals surface area contributed by atoms with Gasteiger partial charge in [0.05, 0.1) is 15.7 Å². The van der Waals surface area contributed by atoms with Crippen molar-refractivity contribution in [2.24, 2.45) is 5.10 Å². The van der Waals surface area contributed by atoms with Gasteiger partial charge in [0.2, 0.25) is 5.16 Å². The average molecular weight is 551 g/mol. The first-order valence-electron chi connectivity index (χ1n) is 9.77. The molecule has 0 fully saturated rings. The maximum atomic E-state index is 12.4. The van der Waals surface area contributed by atoms with Gasteiger partial charge in [-0.1, -0.05) is 64.6 Å². The molecule has 0 bridgehead atoms. The molecule has 172 valence electrons. The minimum atomic E-state index is -0.267. The number of nitrogens with zero attached hydrogens (tertiary/aromatic N) is 4. The highest BCUT2D eigenvalue weighted by atomic mass is 35.5. The Morgan fingerprint density at radius 2 is 1.59 bits per heavy atom. The zero-order valence-corrected chi connectivity index (χ0v) is 21.3. The molecule has 0 aliphatic carbocycles. The van der Waals surface area contributed by atoms with E-state index in [9.17, 15) is 4.79 Å². The van der Waals surface area contributed by atoms with Crippen LogP contribution in [0, 0.1) is 0 Å². The van der Waals surface area contributed by atoms with E-state index in [1.807, 2.05) is 30.3 Å². The van der Waals surface area contributed by atoms with Crippen LogP contribution in [0.1, 0.15) is 6.92 Å². The maximum absolute atomic E-state index is 12.4. The third kappa shape index (κ3) is 5.56. The summed E-state index contributed by atoms with van der Waals surface area (Å²) in [5.74, 6) is 0.225. The highest BCUT2D eigenvalue weighted by Gasteiger charge is 2.21. The average Bonchev–Trinajstić information content (AvgIpc) is 3.21. The number of para-hydroxylation sites is 1. The van der Waals surface area contributed by atoms with E-state index in [4.69, 9.17) is 46.4 Å². The van der Waals surface area contributed by atoms with Crippen LogP contribution in [-0.4, -0.2) is 25.6 Å². The van der Waals surface area contributed by atoms with Crippen molar-refractivity contribution in [1.29, 1.82) is 0 Å². The van der Waals surface area contributed by atoms with Crippen molar-refractivity contribution in [1.82, 2.24) is 14.8 Å². The number of hydrazone groups is 1. The topological polar surface area (TPSA) is 72.2 Å². The predicted molar refractivity (Wildman–Crippen MR) is 141 cm³/mol. The Kier molecular flexibility index (Phi) is 7.80. The normalized spacial score (nSPS) is 11.5. The standard InChI is InChI=1S/C23H15Cl4N5OS/c1-13(33)22(30-28-20-10-8-15(25)12-19(20)27)34-23-31-29-21(17-9-7-14(24)11-18(17)26)32(23)16-5-3-2-4-6-16/h2-12,28H,1H3/b30-22+. The summed E-state index contributed by atoms with van der Waals surface area (Å²) < 4.78 is 1.80. The molecule has 0 saturated carbocycles. The summed E-state index contributed by atoms with van der Waals surface area (Å²) >= 11 is 25.7. The van der Waals surface area contributed by atoms with Crippen LogP contribution in [0.15, 0.2) is 77.0 Å². The molecule has 0 saturated heterocycles. The van der Waals surface area contributed by atoms with Gasteiger partial charge in [-0.05, 0) is 60.3 Å². The molecular formula is C23H15Cl4N5OS. The molecule has 0 radical (unpaired) electrons. The van der Waals surface area contributed by atoms with Gasteiger partial charge in [-0.3, -0.25) is 14.8 Å². The minimum Gasteiger partial charge on any atom is -0.292 e. The molecule has 0 aliphatic rings. The fraction of sp³-hybridized carbons (Fsp3) is 0.0435. The Balaban J connectivity index is 1.75. The molecule has 1 aromatic heterocycles. The highest BCUT2D eigenvalue weighted by Crippen LogP contribution is 2.34. The predicted octanol–water partition coefficient (Wildman–Crippen LogP) is 7.65. The number of hydrogen-bond acceptors (Lipinski definition) is 6. The van der Waals surface area contributed by atoms with Gasteiger partial charge in [0.1, 0.15) is 0 Å². The van der Waals surface area contributed by atoms with Crippen LogP contribution in [0.4, 0.5) is 5.69 Å². The van der Waals surface area contributed by atoms with E-state index in [1.54, 1.807) is 41.0 Å². The maximum Gasteiger partial charge on any atom is 0.202 e. The number of aromatic nitrogens is 3. The van der Waals surface area contributed by atoms with Gasteiger partial charge in [-0.2, -0.15) is 5.10 Å². The molecule has 1 heterocycles. The van der Waals surface area contributed by atoms with Gasteiger partial charge >= 0.3 is 0 Å². The van der Waals surface area contributed by atoms with Crippen LogP contribution in [0.3, 0.4) is 0 Å². The van der Waals surface area contributed by atoms with Crippen molar-refractivity contribution in [3.8, 4) is 17.1 Å².